The van der Waals surface area contributed by atoms with Crippen molar-refractivity contribution in [2.45, 2.75) is 53.0 Å². The third-order valence-corrected chi connectivity index (χ3v) is 3.93. The molecule has 0 spiro atoms. The lowest BCUT2D eigenvalue weighted by molar-refractivity contribution is 0.154. The molecule has 0 radical (unpaired) electrons. The number of hydrogen-bond donors (Lipinski definition) is 1. The van der Waals surface area contributed by atoms with E-state index in [1.165, 1.54) is 32.4 Å². The van der Waals surface area contributed by atoms with E-state index in [1.807, 2.05) is 0 Å². The summed E-state index contributed by atoms with van der Waals surface area (Å²) >= 11 is 0. The highest BCUT2D eigenvalue weighted by atomic mass is 15.1. The molecular weight excluding hydrogens is 208 g/mol. The first-order chi connectivity index (χ1) is 8.02. The molecule has 0 saturated heterocycles. The molecule has 1 aliphatic rings. The number of hydrogen-bond acceptors (Lipinski definition) is 2. The largest absolute Gasteiger partial charge is 0.314 e. The summed E-state index contributed by atoms with van der Waals surface area (Å²) in [7, 11) is 2.28. The highest BCUT2D eigenvalue weighted by Crippen LogP contribution is 2.29. The van der Waals surface area contributed by atoms with Crippen molar-refractivity contribution in [3.8, 4) is 0 Å². The third-order valence-electron chi connectivity index (χ3n) is 3.93. The second kappa shape index (κ2) is 7.38. The lowest BCUT2D eigenvalue weighted by Gasteiger charge is -2.38. The predicted molar refractivity (Wildman–Crippen MR) is 76.3 cm³/mol. The van der Waals surface area contributed by atoms with E-state index in [0.717, 1.165) is 30.3 Å². The quantitative estimate of drug-likeness (QED) is 0.768. The van der Waals surface area contributed by atoms with Crippen molar-refractivity contribution < 1.29 is 0 Å². The molecule has 1 rings (SSSR count). The summed E-state index contributed by atoms with van der Waals surface area (Å²) in [5, 5.41) is 3.69. The molecule has 3 atom stereocenters. The molecule has 0 amide bonds. The molecule has 3 unspecified atom stereocenters. The lowest BCUT2D eigenvalue weighted by Crippen LogP contribution is -2.45. The summed E-state index contributed by atoms with van der Waals surface area (Å²) in [6.07, 6.45) is 4.18. The van der Waals surface area contributed by atoms with E-state index in [1.54, 1.807) is 0 Å². The summed E-state index contributed by atoms with van der Waals surface area (Å²) in [4.78, 5) is 2.53. The van der Waals surface area contributed by atoms with Gasteiger partial charge < -0.3 is 10.2 Å². The maximum absolute atomic E-state index is 3.69. The maximum atomic E-state index is 3.69. The van der Waals surface area contributed by atoms with Gasteiger partial charge in [-0.1, -0.05) is 27.7 Å². The minimum absolute atomic E-state index is 0.755. The van der Waals surface area contributed by atoms with E-state index in [4.69, 9.17) is 0 Å². The Hall–Kier alpha value is -0.0800. The van der Waals surface area contributed by atoms with Crippen LogP contribution in [0.15, 0.2) is 0 Å². The van der Waals surface area contributed by atoms with Crippen LogP contribution in [0.3, 0.4) is 0 Å². The van der Waals surface area contributed by atoms with Gasteiger partial charge in [0.05, 0.1) is 0 Å². The fourth-order valence-electron chi connectivity index (χ4n) is 3.33. The molecule has 2 nitrogen and oxygen atoms in total. The Kier molecular flexibility index (Phi) is 6.50. The van der Waals surface area contributed by atoms with Crippen LogP contribution in [0.5, 0.6) is 0 Å². The average molecular weight is 240 g/mol. The van der Waals surface area contributed by atoms with Crippen LogP contribution in [-0.2, 0) is 0 Å². The van der Waals surface area contributed by atoms with Crippen molar-refractivity contribution in [1.29, 1.82) is 0 Å². The fourth-order valence-corrected chi connectivity index (χ4v) is 3.33. The first-order valence-corrected chi connectivity index (χ1v) is 7.44. The zero-order valence-corrected chi connectivity index (χ0v) is 12.5. The van der Waals surface area contributed by atoms with Crippen molar-refractivity contribution in [2.75, 3.05) is 26.7 Å². The van der Waals surface area contributed by atoms with Gasteiger partial charge in [0, 0.05) is 19.1 Å². The molecule has 102 valence electrons. The summed E-state index contributed by atoms with van der Waals surface area (Å²) in [5.41, 5.74) is 0. The van der Waals surface area contributed by atoms with Crippen LogP contribution in [0, 0.1) is 17.8 Å². The first kappa shape index (κ1) is 15.0. The van der Waals surface area contributed by atoms with Crippen molar-refractivity contribution in [3.05, 3.63) is 0 Å². The number of nitrogens with zero attached hydrogens (tertiary/aromatic N) is 1. The van der Waals surface area contributed by atoms with Crippen LogP contribution in [0.2, 0.25) is 0 Å². The molecule has 17 heavy (non-hydrogen) atoms. The average Bonchev–Trinajstić information content (AvgIpc) is 2.21. The van der Waals surface area contributed by atoms with Crippen molar-refractivity contribution >= 4 is 0 Å². The summed E-state index contributed by atoms with van der Waals surface area (Å²) in [5.74, 6) is 2.54. The van der Waals surface area contributed by atoms with Gasteiger partial charge >= 0.3 is 0 Å². The molecule has 0 aromatic rings. The molecule has 0 aromatic heterocycles. The highest BCUT2D eigenvalue weighted by Gasteiger charge is 2.28. The Morgan fingerprint density at radius 3 is 2.59 bits per heavy atom. The van der Waals surface area contributed by atoms with Gasteiger partial charge in [0.1, 0.15) is 0 Å². The molecule has 0 aromatic carbocycles. The monoisotopic (exact) mass is 240 g/mol. The topological polar surface area (TPSA) is 15.3 Å². The minimum Gasteiger partial charge on any atom is -0.314 e. The first-order valence-electron chi connectivity index (χ1n) is 7.44. The third kappa shape index (κ3) is 5.39. The van der Waals surface area contributed by atoms with Gasteiger partial charge in [0.2, 0.25) is 0 Å². The van der Waals surface area contributed by atoms with Crippen molar-refractivity contribution in [2.24, 2.45) is 17.8 Å². The predicted octanol–water partition coefficient (Wildman–Crippen LogP) is 2.99. The second-order valence-electron chi connectivity index (χ2n) is 6.46. The van der Waals surface area contributed by atoms with Crippen LogP contribution in [0.25, 0.3) is 0 Å². The molecule has 1 N–H and O–H groups in total. The normalized spacial score (nSPS) is 30.2. The van der Waals surface area contributed by atoms with Crippen molar-refractivity contribution in [1.82, 2.24) is 10.2 Å². The second-order valence-corrected chi connectivity index (χ2v) is 6.46. The summed E-state index contributed by atoms with van der Waals surface area (Å²) in [6.45, 7) is 12.9. The Morgan fingerprint density at radius 1 is 1.29 bits per heavy atom. The minimum atomic E-state index is 0.755. The van der Waals surface area contributed by atoms with E-state index >= 15 is 0 Å². The SMILES string of the molecule is CCNC1CCC(C)CC1CN(C)CC(C)C. The molecule has 1 aliphatic carbocycles. The zero-order chi connectivity index (χ0) is 12.8. The summed E-state index contributed by atoms with van der Waals surface area (Å²) in [6, 6.07) is 0.755. The van der Waals surface area contributed by atoms with E-state index in [-0.39, 0.29) is 0 Å². The fraction of sp³-hybridized carbons (Fsp3) is 1.00. The highest BCUT2D eigenvalue weighted by molar-refractivity contribution is 4.85. The van der Waals surface area contributed by atoms with Gasteiger partial charge in [-0.3, -0.25) is 0 Å². The number of nitrogens with one attached hydrogen (secondary N) is 1. The molecule has 0 heterocycles. The van der Waals surface area contributed by atoms with Gasteiger partial charge in [-0.05, 0) is 50.6 Å². The van der Waals surface area contributed by atoms with Crippen molar-refractivity contribution in [3.63, 3.8) is 0 Å². The van der Waals surface area contributed by atoms with Gasteiger partial charge in [-0.2, -0.15) is 0 Å². The van der Waals surface area contributed by atoms with Crippen LogP contribution in [-0.4, -0.2) is 37.6 Å². The van der Waals surface area contributed by atoms with E-state index in [9.17, 15) is 0 Å². The molecule has 0 aliphatic heterocycles. The van der Waals surface area contributed by atoms with E-state index < -0.39 is 0 Å². The van der Waals surface area contributed by atoms with Gasteiger partial charge in [-0.15, -0.1) is 0 Å². The Bertz CT molecular complexity index is 203. The standard InChI is InChI=1S/C15H32N2/c1-6-16-15-8-7-13(4)9-14(15)11-17(5)10-12(2)3/h12-16H,6-11H2,1-5H3. The van der Waals surface area contributed by atoms with Crippen LogP contribution in [0.1, 0.15) is 47.0 Å². The van der Waals surface area contributed by atoms with Crippen LogP contribution >= 0.6 is 0 Å². The molecule has 2 heteroatoms. The van der Waals surface area contributed by atoms with Gasteiger partial charge in [0.25, 0.3) is 0 Å². The van der Waals surface area contributed by atoms with Gasteiger partial charge in [0.15, 0.2) is 0 Å². The maximum Gasteiger partial charge on any atom is 0.0108 e. The molecular formula is C15H32N2. The van der Waals surface area contributed by atoms with E-state index in [0.29, 0.717) is 0 Å². The Labute approximate surface area is 108 Å². The van der Waals surface area contributed by atoms with E-state index in [2.05, 4.69) is 45.0 Å². The smallest absolute Gasteiger partial charge is 0.0108 e. The zero-order valence-electron chi connectivity index (χ0n) is 12.5. The van der Waals surface area contributed by atoms with Gasteiger partial charge in [-0.25, -0.2) is 0 Å². The lowest BCUT2D eigenvalue weighted by atomic mass is 9.78. The Morgan fingerprint density at radius 2 is 2.00 bits per heavy atom. The Balaban J connectivity index is 2.45. The molecule has 1 fully saturated rings. The molecule has 0 bridgehead atoms. The molecule has 1 saturated carbocycles. The van der Waals surface area contributed by atoms with Crippen LogP contribution in [0.4, 0.5) is 0 Å². The van der Waals surface area contributed by atoms with Crippen LogP contribution < -0.4 is 5.32 Å². The number of rotatable bonds is 6. The summed E-state index contributed by atoms with van der Waals surface area (Å²) < 4.78 is 0.